The molecule has 0 aromatic heterocycles. The van der Waals surface area contributed by atoms with Crippen LogP contribution in [0.1, 0.15) is 17.0 Å². The highest BCUT2D eigenvalue weighted by Crippen LogP contribution is 2.49. The molecule has 0 spiro atoms. The van der Waals surface area contributed by atoms with Crippen molar-refractivity contribution >= 4 is 15.6 Å². The summed E-state index contributed by atoms with van der Waals surface area (Å²) in [6.45, 7) is 0. The van der Waals surface area contributed by atoms with E-state index in [1.165, 1.54) is 24.3 Å². The van der Waals surface area contributed by atoms with Crippen LogP contribution < -0.4 is 0 Å². The van der Waals surface area contributed by atoms with Crippen LogP contribution >= 0.6 is 0 Å². The number of hydrogen-bond acceptors (Lipinski definition) is 4. The Hall–Kier alpha value is -2.79. The first-order chi connectivity index (χ1) is 12.3. The maximum absolute atomic E-state index is 13.3. The summed E-state index contributed by atoms with van der Waals surface area (Å²) >= 11 is 0. The molecule has 0 bridgehead atoms. The molecule has 0 saturated heterocycles. The van der Waals surface area contributed by atoms with Crippen molar-refractivity contribution in [3.8, 4) is 6.07 Å². The second kappa shape index (κ2) is 6.50. The van der Waals surface area contributed by atoms with Gasteiger partial charge in [0.1, 0.15) is 16.7 Å². The molecule has 0 radical (unpaired) electrons. The first-order valence-corrected chi connectivity index (χ1v) is 8.98. The van der Waals surface area contributed by atoms with Crippen molar-refractivity contribution in [2.75, 3.05) is 0 Å². The van der Waals surface area contributed by atoms with E-state index >= 15 is 0 Å². The maximum atomic E-state index is 13.3. The van der Waals surface area contributed by atoms with E-state index in [9.17, 15) is 26.9 Å². The van der Waals surface area contributed by atoms with Gasteiger partial charge < -0.3 is 4.74 Å². The molecule has 0 unspecified atom stereocenters. The largest absolute Gasteiger partial charge is 0.501 e. The average molecular weight is 379 g/mol. The lowest BCUT2D eigenvalue weighted by molar-refractivity contribution is -0.0427. The van der Waals surface area contributed by atoms with Crippen molar-refractivity contribution in [2.45, 2.75) is 17.5 Å². The fourth-order valence-electron chi connectivity index (χ4n) is 2.83. The molecule has 0 amide bonds. The molecule has 0 fully saturated rings. The zero-order valence-corrected chi connectivity index (χ0v) is 14.0. The molecule has 3 rings (SSSR count). The van der Waals surface area contributed by atoms with Gasteiger partial charge >= 0.3 is 5.51 Å². The lowest BCUT2D eigenvalue weighted by Gasteiger charge is -2.17. The number of halogens is 3. The Morgan fingerprint density at radius 1 is 0.962 bits per heavy atom. The number of ether oxygens (including phenoxy) is 1. The molecule has 0 N–H and O–H groups in total. The van der Waals surface area contributed by atoms with Crippen molar-refractivity contribution in [3.05, 3.63) is 76.7 Å². The summed E-state index contributed by atoms with van der Waals surface area (Å²) in [5.74, 6) is -1.81. The van der Waals surface area contributed by atoms with Gasteiger partial charge in [0.25, 0.3) is 9.84 Å². The summed E-state index contributed by atoms with van der Waals surface area (Å²) in [7, 11) is -5.71. The molecule has 26 heavy (non-hydrogen) atoms. The van der Waals surface area contributed by atoms with Gasteiger partial charge in [-0.2, -0.15) is 18.4 Å². The Morgan fingerprint density at radius 3 is 2.00 bits per heavy atom. The van der Waals surface area contributed by atoms with Crippen LogP contribution in [0.4, 0.5) is 13.2 Å². The topological polar surface area (TPSA) is 67.2 Å². The van der Waals surface area contributed by atoms with E-state index in [4.69, 9.17) is 4.74 Å². The Kier molecular flexibility index (Phi) is 4.50. The summed E-state index contributed by atoms with van der Waals surface area (Å²) in [5.41, 5.74) is -5.09. The second-order valence-electron chi connectivity index (χ2n) is 5.56. The van der Waals surface area contributed by atoms with Gasteiger partial charge in [-0.05, 0) is 5.56 Å². The van der Waals surface area contributed by atoms with Gasteiger partial charge in [-0.15, -0.1) is 0 Å². The highest BCUT2D eigenvalue weighted by Gasteiger charge is 2.56. The molecule has 1 aliphatic rings. The number of hydrogen-bond donors (Lipinski definition) is 0. The summed E-state index contributed by atoms with van der Waals surface area (Å²) in [6.07, 6.45) is -1.39. The normalized spacial score (nSPS) is 20.5. The number of nitrogens with zero attached hydrogens (tertiary/aromatic N) is 1. The molecule has 2 aromatic carbocycles. The van der Waals surface area contributed by atoms with Crippen LogP contribution in [0.15, 0.2) is 65.6 Å². The van der Waals surface area contributed by atoms with Crippen molar-refractivity contribution in [1.29, 1.82) is 5.26 Å². The van der Waals surface area contributed by atoms with Crippen LogP contribution in [-0.4, -0.2) is 20.0 Å². The minimum atomic E-state index is -5.71. The molecule has 2 atom stereocenters. The van der Waals surface area contributed by atoms with E-state index in [0.29, 0.717) is 0 Å². The van der Waals surface area contributed by atoms with Gasteiger partial charge in [-0.1, -0.05) is 60.7 Å². The van der Waals surface area contributed by atoms with Gasteiger partial charge in [-0.3, -0.25) is 0 Å². The first-order valence-electron chi connectivity index (χ1n) is 7.49. The predicted octanol–water partition coefficient (Wildman–Crippen LogP) is 4.00. The molecule has 0 saturated carbocycles. The predicted molar refractivity (Wildman–Crippen MR) is 88.0 cm³/mol. The van der Waals surface area contributed by atoms with E-state index in [1.54, 1.807) is 42.5 Å². The van der Waals surface area contributed by atoms with Crippen LogP contribution in [0, 0.1) is 11.3 Å². The molecule has 0 aliphatic carbocycles. The average Bonchev–Trinajstić information content (AvgIpc) is 3.02. The highest BCUT2D eigenvalue weighted by molar-refractivity contribution is 7.96. The Balaban J connectivity index is 2.32. The number of sulfone groups is 1. The fraction of sp³-hybridized carbons (Fsp3) is 0.167. The number of benzene rings is 2. The summed E-state index contributed by atoms with van der Waals surface area (Å²) < 4.78 is 70.0. The van der Waals surface area contributed by atoms with Crippen LogP contribution in [0.3, 0.4) is 0 Å². The van der Waals surface area contributed by atoms with Crippen LogP contribution in [0.2, 0.25) is 0 Å². The number of alkyl halides is 3. The van der Waals surface area contributed by atoms with Crippen LogP contribution in [0.25, 0.3) is 5.76 Å². The Morgan fingerprint density at radius 2 is 1.50 bits per heavy atom. The summed E-state index contributed by atoms with van der Waals surface area (Å²) in [6, 6.07) is 17.0. The zero-order valence-electron chi connectivity index (χ0n) is 13.1. The maximum Gasteiger partial charge on any atom is 0.501 e. The minimum absolute atomic E-state index is 0.161. The van der Waals surface area contributed by atoms with E-state index in [2.05, 4.69) is 0 Å². The first kappa shape index (κ1) is 18.0. The molecule has 1 aliphatic heterocycles. The third kappa shape index (κ3) is 2.95. The Bertz CT molecular complexity index is 978. The molecular formula is C18H12F3NO3S. The van der Waals surface area contributed by atoms with Gasteiger partial charge in [0, 0.05) is 5.56 Å². The molecule has 1 heterocycles. The highest BCUT2D eigenvalue weighted by atomic mass is 32.2. The van der Waals surface area contributed by atoms with Crippen LogP contribution in [-0.2, 0) is 14.6 Å². The Labute approximate surface area is 148 Å². The smallest absolute Gasteiger partial charge is 0.473 e. The zero-order chi connectivity index (χ0) is 18.9. The lowest BCUT2D eigenvalue weighted by atomic mass is 9.94. The molecule has 4 nitrogen and oxygen atoms in total. The minimum Gasteiger partial charge on any atom is -0.473 e. The lowest BCUT2D eigenvalue weighted by Crippen LogP contribution is -2.28. The van der Waals surface area contributed by atoms with Gasteiger partial charge in [0.2, 0.25) is 0 Å². The van der Waals surface area contributed by atoms with Gasteiger partial charge in [0.05, 0.1) is 5.92 Å². The monoisotopic (exact) mass is 379 g/mol. The molecule has 134 valence electrons. The van der Waals surface area contributed by atoms with E-state index < -0.39 is 38.0 Å². The van der Waals surface area contributed by atoms with Crippen molar-refractivity contribution in [3.63, 3.8) is 0 Å². The molecule has 2 aromatic rings. The third-order valence-corrected chi connectivity index (χ3v) is 5.60. The fourth-order valence-corrected chi connectivity index (χ4v) is 4.09. The number of rotatable bonds is 3. The molecular weight excluding hydrogens is 367 g/mol. The summed E-state index contributed by atoms with van der Waals surface area (Å²) in [4.78, 5) is -0.936. The van der Waals surface area contributed by atoms with E-state index in [-0.39, 0.29) is 11.1 Å². The SMILES string of the molecule is N#C[C@@H]1OC(c2ccccc2)=C(S(=O)(=O)C(F)(F)F)[C@H]1c1ccccc1. The van der Waals surface area contributed by atoms with Crippen molar-refractivity contribution < 1.29 is 26.3 Å². The standard InChI is InChI=1S/C18H12F3NO3S/c19-18(20,21)26(23,24)17-15(12-7-3-1-4-8-12)14(11-22)25-16(17)13-9-5-2-6-10-13/h1-10,14-15H/t14-,15-/m0/s1. The van der Waals surface area contributed by atoms with Crippen molar-refractivity contribution in [2.24, 2.45) is 0 Å². The van der Waals surface area contributed by atoms with E-state index in [1.807, 2.05) is 0 Å². The van der Waals surface area contributed by atoms with E-state index in [0.717, 1.165) is 0 Å². The van der Waals surface area contributed by atoms with Crippen molar-refractivity contribution in [1.82, 2.24) is 0 Å². The van der Waals surface area contributed by atoms with Gasteiger partial charge in [-0.25, -0.2) is 8.42 Å². The summed E-state index contributed by atoms with van der Waals surface area (Å²) in [5, 5.41) is 9.37. The number of nitriles is 1. The van der Waals surface area contributed by atoms with Crippen LogP contribution in [0.5, 0.6) is 0 Å². The quantitative estimate of drug-likeness (QED) is 0.809. The second-order valence-corrected chi connectivity index (χ2v) is 7.47. The van der Waals surface area contributed by atoms with Gasteiger partial charge in [0.15, 0.2) is 6.10 Å². The molecule has 8 heteroatoms. The third-order valence-electron chi connectivity index (χ3n) is 3.97.